The third kappa shape index (κ3) is 5.48. The predicted molar refractivity (Wildman–Crippen MR) is 79.4 cm³/mol. The second-order valence-corrected chi connectivity index (χ2v) is 5.48. The minimum atomic E-state index is -0.149. The molecule has 98 valence electrons. The summed E-state index contributed by atoms with van der Waals surface area (Å²) in [7, 11) is 0. The maximum atomic E-state index is 11.7. The zero-order valence-electron chi connectivity index (χ0n) is 10.5. The average molecular weight is 360 g/mol. The van der Waals surface area contributed by atoms with Gasteiger partial charge in [-0.3, -0.25) is 9.59 Å². The molecule has 1 aromatic rings. The second kappa shape index (κ2) is 7.35. The minimum Gasteiger partial charge on any atom is -0.354 e. The molecule has 1 aromatic carbocycles. The smallest absolute Gasteiger partial charge is 0.251 e. The number of carbonyl (C=O) groups excluding carboxylic acids is 2. The van der Waals surface area contributed by atoms with Crippen molar-refractivity contribution in [1.82, 2.24) is 10.6 Å². The monoisotopic (exact) mass is 360 g/mol. The summed E-state index contributed by atoms with van der Waals surface area (Å²) in [6.07, 6.45) is 0.300. The Morgan fingerprint density at radius 2 is 1.83 bits per heavy atom. The van der Waals surface area contributed by atoms with Crippen molar-refractivity contribution in [3.8, 4) is 0 Å². The van der Waals surface area contributed by atoms with Gasteiger partial charge in [-0.2, -0.15) is 0 Å². The van der Waals surface area contributed by atoms with Gasteiger partial charge in [-0.05, 0) is 60.7 Å². The largest absolute Gasteiger partial charge is 0.354 e. The van der Waals surface area contributed by atoms with E-state index in [1.165, 1.54) is 0 Å². The summed E-state index contributed by atoms with van der Waals surface area (Å²) >= 11 is 2.18. The quantitative estimate of drug-likeness (QED) is 0.789. The molecule has 0 saturated heterocycles. The van der Waals surface area contributed by atoms with Crippen molar-refractivity contribution in [1.29, 1.82) is 0 Å². The molecule has 5 heteroatoms. The number of rotatable bonds is 5. The highest BCUT2D eigenvalue weighted by atomic mass is 127. The maximum Gasteiger partial charge on any atom is 0.251 e. The van der Waals surface area contributed by atoms with Gasteiger partial charge in [-0.15, -0.1) is 0 Å². The first-order valence-corrected chi connectivity index (χ1v) is 6.90. The van der Waals surface area contributed by atoms with Crippen LogP contribution < -0.4 is 10.6 Å². The number of carbonyl (C=O) groups is 2. The fourth-order valence-corrected chi connectivity index (χ4v) is 1.75. The molecule has 1 rings (SSSR count). The van der Waals surface area contributed by atoms with Crippen molar-refractivity contribution in [2.24, 2.45) is 0 Å². The summed E-state index contributed by atoms with van der Waals surface area (Å²) in [5.41, 5.74) is 0.611. The number of hydrogen-bond acceptors (Lipinski definition) is 2. The number of benzene rings is 1. The normalized spacial score (nSPS) is 10.2. The molecule has 2 amide bonds. The number of amides is 2. The summed E-state index contributed by atoms with van der Waals surface area (Å²) in [6, 6.07) is 7.42. The molecular weight excluding hydrogens is 343 g/mol. The van der Waals surface area contributed by atoms with Crippen molar-refractivity contribution in [3.63, 3.8) is 0 Å². The van der Waals surface area contributed by atoms with Gasteiger partial charge in [0.15, 0.2) is 0 Å². The van der Waals surface area contributed by atoms with Gasteiger partial charge in [-0.25, -0.2) is 0 Å². The first-order valence-electron chi connectivity index (χ1n) is 5.82. The Kier molecular flexibility index (Phi) is 6.11. The summed E-state index contributed by atoms with van der Waals surface area (Å²) in [4.78, 5) is 23.1. The highest BCUT2D eigenvalue weighted by Gasteiger charge is 2.06. The zero-order valence-corrected chi connectivity index (χ0v) is 12.7. The van der Waals surface area contributed by atoms with Crippen molar-refractivity contribution in [2.75, 3.05) is 6.54 Å². The summed E-state index contributed by atoms with van der Waals surface area (Å²) in [6.45, 7) is 4.16. The summed E-state index contributed by atoms with van der Waals surface area (Å²) < 4.78 is 1.08. The Bertz CT molecular complexity index is 416. The molecule has 0 saturated carbocycles. The Hall–Kier alpha value is -1.11. The van der Waals surface area contributed by atoms with Crippen LogP contribution in [0.3, 0.4) is 0 Å². The van der Waals surface area contributed by atoms with E-state index in [2.05, 4.69) is 33.2 Å². The number of hydrogen-bond donors (Lipinski definition) is 2. The predicted octanol–water partition coefficient (Wildman–Crippen LogP) is 1.94. The SMILES string of the molecule is CC(C)NC(=O)CCNC(=O)c1ccc(I)cc1. The molecule has 2 N–H and O–H groups in total. The molecule has 0 aliphatic rings. The minimum absolute atomic E-state index is 0.0482. The van der Waals surface area contributed by atoms with Crippen LogP contribution in [0.15, 0.2) is 24.3 Å². The van der Waals surface area contributed by atoms with Gasteiger partial charge in [0.05, 0.1) is 0 Å². The lowest BCUT2D eigenvalue weighted by Crippen LogP contribution is -2.34. The van der Waals surface area contributed by atoms with Gasteiger partial charge in [0.1, 0.15) is 0 Å². The van der Waals surface area contributed by atoms with Crippen LogP contribution in [0, 0.1) is 3.57 Å². The lowest BCUT2D eigenvalue weighted by Gasteiger charge is -2.09. The highest BCUT2D eigenvalue weighted by molar-refractivity contribution is 14.1. The van der Waals surface area contributed by atoms with E-state index in [9.17, 15) is 9.59 Å². The van der Waals surface area contributed by atoms with E-state index in [1.807, 2.05) is 26.0 Å². The Morgan fingerprint density at radius 1 is 1.22 bits per heavy atom. The van der Waals surface area contributed by atoms with Crippen LogP contribution in [0.25, 0.3) is 0 Å². The lowest BCUT2D eigenvalue weighted by atomic mass is 10.2. The summed E-state index contributed by atoms with van der Waals surface area (Å²) in [5, 5.41) is 5.49. The van der Waals surface area contributed by atoms with Gasteiger partial charge in [0.25, 0.3) is 5.91 Å². The van der Waals surface area contributed by atoms with E-state index in [1.54, 1.807) is 12.1 Å². The first kappa shape index (κ1) is 14.9. The molecule has 0 aromatic heterocycles. The van der Waals surface area contributed by atoms with E-state index >= 15 is 0 Å². The van der Waals surface area contributed by atoms with Gasteiger partial charge in [-0.1, -0.05) is 0 Å². The fraction of sp³-hybridized carbons (Fsp3) is 0.385. The van der Waals surface area contributed by atoms with Crippen molar-refractivity contribution in [2.45, 2.75) is 26.3 Å². The van der Waals surface area contributed by atoms with E-state index in [0.29, 0.717) is 18.5 Å². The third-order valence-corrected chi connectivity index (χ3v) is 2.91. The van der Waals surface area contributed by atoms with Crippen LogP contribution >= 0.6 is 22.6 Å². The fourth-order valence-electron chi connectivity index (χ4n) is 1.39. The van der Waals surface area contributed by atoms with Crippen LogP contribution in [0.4, 0.5) is 0 Å². The van der Waals surface area contributed by atoms with Crippen molar-refractivity contribution < 1.29 is 9.59 Å². The van der Waals surface area contributed by atoms with E-state index in [0.717, 1.165) is 3.57 Å². The second-order valence-electron chi connectivity index (χ2n) is 4.24. The molecule has 0 aliphatic carbocycles. The van der Waals surface area contributed by atoms with Crippen LogP contribution in [0.5, 0.6) is 0 Å². The average Bonchev–Trinajstić information content (AvgIpc) is 2.28. The molecule has 0 aliphatic heterocycles. The molecule has 0 fully saturated rings. The Balaban J connectivity index is 2.33. The molecule has 0 spiro atoms. The Labute approximate surface area is 121 Å². The Morgan fingerprint density at radius 3 is 2.39 bits per heavy atom. The van der Waals surface area contributed by atoms with Crippen LogP contribution in [0.1, 0.15) is 30.6 Å². The molecule has 0 heterocycles. The molecule has 0 unspecified atom stereocenters. The van der Waals surface area contributed by atoms with Crippen molar-refractivity contribution >= 4 is 34.4 Å². The third-order valence-electron chi connectivity index (χ3n) is 2.19. The molecule has 0 atom stereocenters. The number of nitrogens with one attached hydrogen (secondary N) is 2. The van der Waals surface area contributed by atoms with E-state index < -0.39 is 0 Å². The molecular formula is C13H17IN2O2. The maximum absolute atomic E-state index is 11.7. The molecule has 0 bridgehead atoms. The topological polar surface area (TPSA) is 58.2 Å². The van der Waals surface area contributed by atoms with Crippen LogP contribution in [-0.2, 0) is 4.79 Å². The lowest BCUT2D eigenvalue weighted by molar-refractivity contribution is -0.121. The molecule has 0 radical (unpaired) electrons. The molecule has 18 heavy (non-hydrogen) atoms. The number of halogens is 1. The van der Waals surface area contributed by atoms with Gasteiger partial charge < -0.3 is 10.6 Å². The van der Waals surface area contributed by atoms with Crippen LogP contribution in [0.2, 0.25) is 0 Å². The van der Waals surface area contributed by atoms with E-state index in [-0.39, 0.29) is 17.9 Å². The standard InChI is InChI=1S/C13H17IN2O2/c1-9(2)16-12(17)7-8-15-13(18)10-3-5-11(14)6-4-10/h3-6,9H,7-8H2,1-2H3,(H,15,18)(H,16,17). The molecule has 4 nitrogen and oxygen atoms in total. The summed E-state index contributed by atoms with van der Waals surface area (Å²) in [5.74, 6) is -0.198. The zero-order chi connectivity index (χ0) is 13.5. The first-order chi connectivity index (χ1) is 8.49. The highest BCUT2D eigenvalue weighted by Crippen LogP contribution is 2.06. The van der Waals surface area contributed by atoms with Crippen molar-refractivity contribution in [3.05, 3.63) is 33.4 Å². The van der Waals surface area contributed by atoms with Crippen LogP contribution in [-0.4, -0.2) is 24.4 Å². The van der Waals surface area contributed by atoms with E-state index in [4.69, 9.17) is 0 Å². The van der Waals surface area contributed by atoms with Gasteiger partial charge in [0, 0.05) is 28.1 Å². The van der Waals surface area contributed by atoms with Gasteiger partial charge in [0.2, 0.25) is 5.91 Å². The van der Waals surface area contributed by atoms with Gasteiger partial charge >= 0.3 is 0 Å².